The number of fused-ring (bicyclic) bond motifs is 1. The van der Waals surface area contributed by atoms with Crippen LogP contribution in [0.2, 0.25) is 0 Å². The highest BCUT2D eigenvalue weighted by atomic mass is 19.1. The summed E-state index contributed by atoms with van der Waals surface area (Å²) >= 11 is 0. The first-order valence-corrected chi connectivity index (χ1v) is 6.31. The minimum atomic E-state index is -0.570. The molecule has 22 heavy (non-hydrogen) atoms. The molecule has 0 unspecified atom stereocenters. The van der Waals surface area contributed by atoms with Gasteiger partial charge in [0.05, 0.1) is 18.1 Å². The molecule has 0 amide bonds. The molecule has 0 aliphatic rings. The van der Waals surface area contributed by atoms with E-state index in [4.69, 9.17) is 17.6 Å². The number of nitrogens with two attached hydrogens (primary N) is 1. The summed E-state index contributed by atoms with van der Waals surface area (Å²) in [6.45, 7) is 1.69. The van der Waals surface area contributed by atoms with Crippen LogP contribution in [0, 0.1) is 23.6 Å². The molecule has 5 nitrogen and oxygen atoms in total. The summed E-state index contributed by atoms with van der Waals surface area (Å²) in [5.41, 5.74) is 6.14. The maximum absolute atomic E-state index is 13.8. The Balaban J connectivity index is 2.55. The first-order valence-electron chi connectivity index (χ1n) is 6.31. The number of amidine groups is 1. The van der Waals surface area contributed by atoms with Crippen molar-refractivity contribution in [3.8, 4) is 12.3 Å². The van der Waals surface area contributed by atoms with Crippen LogP contribution < -0.4 is 5.73 Å². The predicted octanol–water partition coefficient (Wildman–Crippen LogP) is 2.29. The highest BCUT2D eigenvalue weighted by Gasteiger charge is 2.16. The smallest absolute Gasteiger partial charge is 0.159 e. The second kappa shape index (κ2) is 6.18. The number of terminal acetylenes is 1. The number of nitrogens with one attached hydrogen (secondary N) is 1. The maximum atomic E-state index is 13.8. The van der Waals surface area contributed by atoms with Gasteiger partial charge in [0.15, 0.2) is 5.65 Å². The van der Waals surface area contributed by atoms with Crippen LogP contribution in [-0.2, 0) is 6.54 Å². The molecule has 0 aliphatic carbocycles. The van der Waals surface area contributed by atoms with Crippen molar-refractivity contribution in [2.75, 3.05) is 0 Å². The largest absolute Gasteiger partial charge is 0.382 e. The summed E-state index contributed by atoms with van der Waals surface area (Å²) in [5.74, 6) is 0.648. The van der Waals surface area contributed by atoms with Crippen molar-refractivity contribution in [2.45, 2.75) is 13.5 Å². The Labute approximate surface area is 125 Å². The second-order valence-electron chi connectivity index (χ2n) is 4.42. The van der Waals surface area contributed by atoms with Gasteiger partial charge in [-0.3, -0.25) is 5.41 Å². The molecule has 0 radical (unpaired) electrons. The van der Waals surface area contributed by atoms with Crippen LogP contribution in [-0.4, -0.2) is 20.6 Å². The van der Waals surface area contributed by atoms with Crippen LogP contribution in [0.4, 0.5) is 8.78 Å². The van der Waals surface area contributed by atoms with Crippen LogP contribution in [0.5, 0.6) is 0 Å². The molecule has 0 spiro atoms. The van der Waals surface area contributed by atoms with Crippen molar-refractivity contribution < 1.29 is 8.78 Å². The Hall–Kier alpha value is -3.01. The zero-order chi connectivity index (χ0) is 16.3. The summed E-state index contributed by atoms with van der Waals surface area (Å²) < 4.78 is 28.5. The van der Waals surface area contributed by atoms with Gasteiger partial charge in [0, 0.05) is 11.6 Å². The van der Waals surface area contributed by atoms with E-state index in [9.17, 15) is 8.78 Å². The molecule has 0 aliphatic heterocycles. The van der Waals surface area contributed by atoms with E-state index in [2.05, 4.69) is 16.0 Å². The van der Waals surface area contributed by atoms with Gasteiger partial charge in [0.1, 0.15) is 23.2 Å². The topological polar surface area (TPSA) is 80.6 Å². The van der Waals surface area contributed by atoms with Gasteiger partial charge >= 0.3 is 0 Å². The van der Waals surface area contributed by atoms with Crippen LogP contribution in [0.15, 0.2) is 35.8 Å². The SMILES string of the molecule is C#C/C=C(F)\C(=C/C)Cn1nc(C(=N)N)c2cc(F)cnc21. The Kier molecular flexibility index (Phi) is 4.32. The van der Waals surface area contributed by atoms with Gasteiger partial charge in [0.25, 0.3) is 0 Å². The average molecular weight is 301 g/mol. The van der Waals surface area contributed by atoms with Gasteiger partial charge in [-0.15, -0.1) is 6.42 Å². The van der Waals surface area contributed by atoms with Crippen molar-refractivity contribution in [3.63, 3.8) is 0 Å². The van der Waals surface area contributed by atoms with Gasteiger partial charge in [-0.2, -0.15) is 5.10 Å². The summed E-state index contributed by atoms with van der Waals surface area (Å²) in [4.78, 5) is 3.94. The molecule has 0 fully saturated rings. The van der Waals surface area contributed by atoms with E-state index in [1.54, 1.807) is 13.0 Å². The lowest BCUT2D eigenvalue weighted by atomic mass is 10.2. The molecule has 0 bridgehead atoms. The number of nitrogen functional groups attached to an aromatic ring is 1. The monoisotopic (exact) mass is 301 g/mol. The van der Waals surface area contributed by atoms with Crippen molar-refractivity contribution in [1.29, 1.82) is 5.41 Å². The average Bonchev–Trinajstić information content (AvgIpc) is 2.82. The first-order chi connectivity index (χ1) is 10.5. The second-order valence-corrected chi connectivity index (χ2v) is 4.42. The summed E-state index contributed by atoms with van der Waals surface area (Å²) in [5, 5.41) is 11.9. The lowest BCUT2D eigenvalue weighted by Gasteiger charge is -2.05. The molecule has 112 valence electrons. The van der Waals surface area contributed by atoms with E-state index in [-0.39, 0.29) is 18.1 Å². The normalized spacial score (nSPS) is 12.5. The fraction of sp³-hybridized carbons (Fsp3) is 0.133. The van der Waals surface area contributed by atoms with E-state index in [1.165, 1.54) is 10.7 Å². The molecule has 0 atom stereocenters. The lowest BCUT2D eigenvalue weighted by molar-refractivity contribution is 0.604. The maximum Gasteiger partial charge on any atom is 0.159 e. The van der Waals surface area contributed by atoms with Crippen molar-refractivity contribution in [1.82, 2.24) is 14.8 Å². The molecule has 2 rings (SSSR count). The van der Waals surface area contributed by atoms with E-state index >= 15 is 0 Å². The molecule has 0 saturated carbocycles. The fourth-order valence-corrected chi connectivity index (χ4v) is 1.98. The van der Waals surface area contributed by atoms with E-state index < -0.39 is 11.6 Å². The first kappa shape index (κ1) is 15.4. The zero-order valence-corrected chi connectivity index (χ0v) is 11.8. The highest BCUT2D eigenvalue weighted by molar-refractivity contribution is 6.04. The van der Waals surface area contributed by atoms with Gasteiger partial charge in [-0.05, 0) is 13.0 Å². The Morgan fingerprint density at radius 3 is 2.91 bits per heavy atom. The molecular weight excluding hydrogens is 288 g/mol. The molecule has 2 aromatic rings. The molecule has 2 aromatic heterocycles. The third kappa shape index (κ3) is 2.86. The number of hydrogen-bond acceptors (Lipinski definition) is 3. The van der Waals surface area contributed by atoms with Crippen molar-refractivity contribution in [2.24, 2.45) is 5.73 Å². The number of hydrogen-bond donors (Lipinski definition) is 2. The Morgan fingerprint density at radius 1 is 1.59 bits per heavy atom. The Morgan fingerprint density at radius 2 is 2.32 bits per heavy atom. The summed E-state index contributed by atoms with van der Waals surface area (Å²) in [6, 6.07) is 1.19. The van der Waals surface area contributed by atoms with Crippen LogP contribution in [0.3, 0.4) is 0 Å². The minimum absolute atomic E-state index is 0.0307. The number of halogens is 2. The number of aromatic nitrogens is 3. The molecular formula is C15H13F2N5. The lowest BCUT2D eigenvalue weighted by Crippen LogP contribution is -2.13. The predicted molar refractivity (Wildman–Crippen MR) is 80.3 cm³/mol. The molecule has 0 saturated heterocycles. The molecule has 3 N–H and O–H groups in total. The third-order valence-corrected chi connectivity index (χ3v) is 2.99. The summed E-state index contributed by atoms with van der Waals surface area (Å²) in [6.07, 6.45) is 8.62. The third-order valence-electron chi connectivity index (χ3n) is 2.99. The van der Waals surface area contributed by atoms with Crippen LogP contribution >= 0.6 is 0 Å². The molecule has 0 aromatic carbocycles. The summed E-state index contributed by atoms with van der Waals surface area (Å²) in [7, 11) is 0. The quantitative estimate of drug-likeness (QED) is 0.393. The van der Waals surface area contributed by atoms with Crippen LogP contribution in [0.1, 0.15) is 12.6 Å². The fourth-order valence-electron chi connectivity index (χ4n) is 1.98. The van der Waals surface area contributed by atoms with Gasteiger partial charge < -0.3 is 5.73 Å². The Bertz CT molecular complexity index is 839. The number of pyridine rings is 1. The van der Waals surface area contributed by atoms with Gasteiger partial charge in [-0.1, -0.05) is 12.0 Å². The minimum Gasteiger partial charge on any atom is -0.382 e. The molecule has 2 heterocycles. The van der Waals surface area contributed by atoms with Crippen molar-refractivity contribution in [3.05, 3.63) is 47.3 Å². The standard InChI is InChI=1S/C15H13F2N5/c1-3-5-12(17)9(4-2)8-22-15-11(6-10(16)7-20-15)13(21-22)14(18)19/h1,4-7H,8H2,2H3,(H3,18,19)/b9-4-,12-5+. The van der Waals surface area contributed by atoms with E-state index in [1.807, 2.05) is 0 Å². The van der Waals surface area contributed by atoms with Crippen molar-refractivity contribution >= 4 is 16.9 Å². The van der Waals surface area contributed by atoms with Gasteiger partial charge in [-0.25, -0.2) is 18.4 Å². The molecule has 7 heteroatoms. The zero-order valence-electron chi connectivity index (χ0n) is 11.8. The van der Waals surface area contributed by atoms with Gasteiger partial charge in [0.2, 0.25) is 0 Å². The number of nitrogens with zero attached hydrogens (tertiary/aromatic N) is 3. The number of allylic oxidation sites excluding steroid dienone is 4. The highest BCUT2D eigenvalue weighted by Crippen LogP contribution is 2.21. The number of rotatable bonds is 4. The van der Waals surface area contributed by atoms with E-state index in [0.717, 1.165) is 12.3 Å². The van der Waals surface area contributed by atoms with E-state index in [0.29, 0.717) is 16.6 Å². The van der Waals surface area contributed by atoms with Crippen LogP contribution in [0.25, 0.3) is 11.0 Å².